The van der Waals surface area contributed by atoms with Crippen molar-refractivity contribution in [2.45, 2.75) is 25.9 Å². The molecule has 32 heavy (non-hydrogen) atoms. The minimum atomic E-state index is -0.722. The standard InChI is InChI=1S/C27H25NO4/c1-2-16-32-22-15-9-14-21(17-22)24-23(25(29)20-12-7-4-8-13-20)26(30)27(31)28(24)18-19-10-5-3-6-11-19/h3-15,17,24,29H,2,16,18H2,1H3. The zero-order chi connectivity index (χ0) is 22.5. The summed E-state index contributed by atoms with van der Waals surface area (Å²) < 4.78 is 5.78. The molecule has 0 aliphatic carbocycles. The Morgan fingerprint density at radius 1 is 0.938 bits per heavy atom. The average molecular weight is 428 g/mol. The highest BCUT2D eigenvalue weighted by molar-refractivity contribution is 6.46. The first-order valence-electron chi connectivity index (χ1n) is 10.7. The number of nitrogens with zero attached hydrogens (tertiary/aromatic N) is 1. The summed E-state index contributed by atoms with van der Waals surface area (Å²) in [5.41, 5.74) is 2.20. The fraction of sp³-hybridized carbons (Fsp3) is 0.185. The molecule has 1 N–H and O–H groups in total. The summed E-state index contributed by atoms with van der Waals surface area (Å²) >= 11 is 0. The third-order valence-electron chi connectivity index (χ3n) is 5.43. The van der Waals surface area contributed by atoms with Crippen molar-refractivity contribution in [3.05, 3.63) is 107 Å². The van der Waals surface area contributed by atoms with Gasteiger partial charge in [-0.2, -0.15) is 0 Å². The van der Waals surface area contributed by atoms with Crippen LogP contribution in [-0.4, -0.2) is 28.3 Å². The highest BCUT2D eigenvalue weighted by Crippen LogP contribution is 2.41. The lowest BCUT2D eigenvalue weighted by Gasteiger charge is -2.26. The molecule has 1 heterocycles. The highest BCUT2D eigenvalue weighted by atomic mass is 16.5. The van der Waals surface area contributed by atoms with E-state index in [-0.39, 0.29) is 17.9 Å². The monoisotopic (exact) mass is 427 g/mol. The summed E-state index contributed by atoms with van der Waals surface area (Å²) in [6.45, 7) is 2.85. The van der Waals surface area contributed by atoms with Gasteiger partial charge in [-0.25, -0.2) is 0 Å². The van der Waals surface area contributed by atoms with Gasteiger partial charge in [-0.1, -0.05) is 79.7 Å². The molecule has 1 fully saturated rings. The number of Topliss-reactive ketones (excluding diaryl/α,β-unsaturated/α-hetero) is 1. The average Bonchev–Trinajstić information content (AvgIpc) is 3.08. The number of hydrogen-bond acceptors (Lipinski definition) is 4. The van der Waals surface area contributed by atoms with Crippen molar-refractivity contribution in [2.75, 3.05) is 6.61 Å². The predicted octanol–water partition coefficient (Wildman–Crippen LogP) is 5.10. The topological polar surface area (TPSA) is 66.8 Å². The van der Waals surface area contributed by atoms with Crippen LogP contribution in [0, 0.1) is 0 Å². The molecule has 162 valence electrons. The molecule has 1 unspecified atom stereocenters. The van der Waals surface area contributed by atoms with Crippen molar-refractivity contribution in [2.24, 2.45) is 0 Å². The summed E-state index contributed by atoms with van der Waals surface area (Å²) in [5, 5.41) is 11.1. The molecule has 4 rings (SSSR count). The van der Waals surface area contributed by atoms with Crippen molar-refractivity contribution in [1.82, 2.24) is 4.90 Å². The van der Waals surface area contributed by atoms with Gasteiger partial charge in [0.1, 0.15) is 11.5 Å². The van der Waals surface area contributed by atoms with E-state index >= 15 is 0 Å². The van der Waals surface area contributed by atoms with E-state index in [0.29, 0.717) is 23.5 Å². The molecule has 1 atom stereocenters. The SMILES string of the molecule is CCCOc1cccc(C2C(=C(O)c3ccccc3)C(=O)C(=O)N2Cc2ccccc2)c1. The first kappa shape index (κ1) is 21.4. The number of aliphatic hydroxyl groups is 1. The molecule has 1 saturated heterocycles. The molecule has 0 aromatic heterocycles. The van der Waals surface area contributed by atoms with Crippen LogP contribution >= 0.6 is 0 Å². The summed E-state index contributed by atoms with van der Waals surface area (Å²) in [6, 6.07) is 25.0. The minimum Gasteiger partial charge on any atom is -0.507 e. The van der Waals surface area contributed by atoms with Gasteiger partial charge in [-0.15, -0.1) is 0 Å². The minimum absolute atomic E-state index is 0.0878. The lowest BCUT2D eigenvalue weighted by atomic mass is 9.95. The van der Waals surface area contributed by atoms with E-state index in [4.69, 9.17) is 4.74 Å². The van der Waals surface area contributed by atoms with Crippen LogP contribution in [0.3, 0.4) is 0 Å². The number of likely N-dealkylation sites (tertiary alicyclic amines) is 1. The van der Waals surface area contributed by atoms with E-state index in [9.17, 15) is 14.7 Å². The molecule has 0 radical (unpaired) electrons. The second kappa shape index (κ2) is 9.52. The van der Waals surface area contributed by atoms with Crippen molar-refractivity contribution < 1.29 is 19.4 Å². The van der Waals surface area contributed by atoms with Gasteiger partial charge in [-0.05, 0) is 29.7 Å². The molecule has 0 bridgehead atoms. The van der Waals surface area contributed by atoms with E-state index < -0.39 is 17.7 Å². The molecule has 0 saturated carbocycles. The Labute approximate surface area is 187 Å². The summed E-state index contributed by atoms with van der Waals surface area (Å²) in [5.74, 6) is -0.831. The van der Waals surface area contributed by atoms with Crippen LogP contribution < -0.4 is 4.74 Å². The molecular formula is C27H25NO4. The van der Waals surface area contributed by atoms with E-state index in [0.717, 1.165) is 12.0 Å². The summed E-state index contributed by atoms with van der Waals surface area (Å²) in [7, 11) is 0. The van der Waals surface area contributed by atoms with Crippen LogP contribution in [0.15, 0.2) is 90.5 Å². The third kappa shape index (κ3) is 4.28. The van der Waals surface area contributed by atoms with Crippen LogP contribution in [0.5, 0.6) is 5.75 Å². The Morgan fingerprint density at radius 2 is 1.62 bits per heavy atom. The third-order valence-corrected chi connectivity index (χ3v) is 5.43. The zero-order valence-electron chi connectivity index (χ0n) is 17.9. The number of carbonyl (C=O) groups is 2. The van der Waals surface area contributed by atoms with Crippen molar-refractivity contribution in [1.29, 1.82) is 0 Å². The van der Waals surface area contributed by atoms with E-state index in [2.05, 4.69) is 0 Å². The number of benzene rings is 3. The van der Waals surface area contributed by atoms with Gasteiger partial charge < -0.3 is 14.7 Å². The molecule has 0 spiro atoms. The number of ether oxygens (including phenoxy) is 1. The van der Waals surface area contributed by atoms with Crippen LogP contribution in [0.25, 0.3) is 5.76 Å². The molecule has 1 aliphatic rings. The largest absolute Gasteiger partial charge is 0.507 e. The fourth-order valence-electron chi connectivity index (χ4n) is 3.92. The van der Waals surface area contributed by atoms with Crippen molar-refractivity contribution in [3.8, 4) is 5.75 Å². The number of carbonyl (C=O) groups excluding carboxylic acids is 2. The Hall–Kier alpha value is -3.86. The summed E-state index contributed by atoms with van der Waals surface area (Å²) in [4.78, 5) is 27.7. The molecule has 5 heteroatoms. The normalized spacial score (nSPS) is 17.5. The maximum Gasteiger partial charge on any atom is 0.295 e. The molecular weight excluding hydrogens is 402 g/mol. The highest BCUT2D eigenvalue weighted by Gasteiger charge is 2.46. The lowest BCUT2D eigenvalue weighted by molar-refractivity contribution is -0.140. The van der Waals surface area contributed by atoms with Gasteiger partial charge in [0.25, 0.3) is 11.7 Å². The Kier molecular flexibility index (Phi) is 6.36. The van der Waals surface area contributed by atoms with Gasteiger partial charge in [0.2, 0.25) is 0 Å². The first-order valence-corrected chi connectivity index (χ1v) is 10.7. The second-order valence-corrected chi connectivity index (χ2v) is 7.70. The molecule has 5 nitrogen and oxygen atoms in total. The zero-order valence-corrected chi connectivity index (χ0v) is 17.9. The van der Waals surface area contributed by atoms with E-state index in [1.165, 1.54) is 4.90 Å². The van der Waals surface area contributed by atoms with Gasteiger partial charge in [0, 0.05) is 12.1 Å². The second-order valence-electron chi connectivity index (χ2n) is 7.70. The van der Waals surface area contributed by atoms with Gasteiger partial charge in [-0.3, -0.25) is 9.59 Å². The number of ketones is 1. The Balaban J connectivity index is 1.83. The number of amides is 1. The number of aliphatic hydroxyl groups excluding tert-OH is 1. The molecule has 1 amide bonds. The maximum atomic E-state index is 13.1. The van der Waals surface area contributed by atoms with Crippen molar-refractivity contribution >= 4 is 17.4 Å². The number of rotatable bonds is 7. The van der Waals surface area contributed by atoms with Gasteiger partial charge in [0.05, 0.1) is 18.2 Å². The first-order chi connectivity index (χ1) is 15.6. The smallest absolute Gasteiger partial charge is 0.295 e. The van der Waals surface area contributed by atoms with Gasteiger partial charge >= 0.3 is 0 Å². The maximum absolute atomic E-state index is 13.1. The predicted molar refractivity (Wildman–Crippen MR) is 123 cm³/mol. The van der Waals surface area contributed by atoms with Crippen LogP contribution in [0.1, 0.15) is 36.1 Å². The lowest BCUT2D eigenvalue weighted by Crippen LogP contribution is -2.29. The van der Waals surface area contributed by atoms with Gasteiger partial charge in [0.15, 0.2) is 0 Å². The summed E-state index contributed by atoms with van der Waals surface area (Å²) in [6.07, 6.45) is 0.866. The van der Waals surface area contributed by atoms with E-state index in [1.807, 2.05) is 67.6 Å². The Morgan fingerprint density at radius 3 is 2.31 bits per heavy atom. The molecule has 3 aromatic carbocycles. The fourth-order valence-corrected chi connectivity index (χ4v) is 3.92. The van der Waals surface area contributed by atoms with Crippen LogP contribution in [0.4, 0.5) is 0 Å². The number of hydrogen-bond donors (Lipinski definition) is 1. The van der Waals surface area contributed by atoms with Crippen molar-refractivity contribution in [3.63, 3.8) is 0 Å². The van der Waals surface area contributed by atoms with E-state index in [1.54, 1.807) is 24.3 Å². The molecule has 1 aliphatic heterocycles. The Bertz CT molecular complexity index is 1140. The van der Waals surface area contributed by atoms with Crippen LogP contribution in [0.2, 0.25) is 0 Å². The molecule has 3 aromatic rings. The quantitative estimate of drug-likeness (QED) is 0.324. The van der Waals surface area contributed by atoms with Crippen LogP contribution in [-0.2, 0) is 16.1 Å².